The van der Waals surface area contributed by atoms with E-state index in [2.05, 4.69) is 4.98 Å². The molecule has 1 aromatic heterocycles. The van der Waals surface area contributed by atoms with Gasteiger partial charge in [0.1, 0.15) is 30.0 Å². The van der Waals surface area contributed by atoms with E-state index in [9.17, 15) is 14.7 Å². The minimum atomic E-state index is -0.945. The summed E-state index contributed by atoms with van der Waals surface area (Å²) in [6, 6.07) is 26.6. The Bertz CT molecular complexity index is 1940. The van der Waals surface area contributed by atoms with E-state index in [1.807, 2.05) is 61.5 Å². The molecule has 3 heterocycles. The van der Waals surface area contributed by atoms with Crippen molar-refractivity contribution in [3.05, 3.63) is 124 Å². The van der Waals surface area contributed by atoms with Gasteiger partial charge in [0.2, 0.25) is 0 Å². The fourth-order valence-electron chi connectivity index (χ4n) is 5.57. The zero-order valence-corrected chi connectivity index (χ0v) is 24.6. The van der Waals surface area contributed by atoms with Gasteiger partial charge < -0.3 is 14.6 Å². The van der Waals surface area contributed by atoms with E-state index in [0.717, 1.165) is 21.6 Å². The summed E-state index contributed by atoms with van der Waals surface area (Å²) in [4.78, 5) is 33.5. The van der Waals surface area contributed by atoms with Gasteiger partial charge >= 0.3 is 5.91 Å². The number of carbonyl (C=O) groups is 2. The SMILES string of the molecule is CC1Cc2cc(/C(O)=C3\C(=O)C(=O)N(c4nc5ccc(Cl)cc5s4)C3c3cccc(OCc4ccccc4)c3)ccc2O1. The molecule has 2 aliphatic rings. The molecule has 0 saturated carbocycles. The number of amides is 1. The summed E-state index contributed by atoms with van der Waals surface area (Å²) in [5, 5.41) is 12.5. The van der Waals surface area contributed by atoms with Gasteiger partial charge in [-0.2, -0.15) is 0 Å². The number of aliphatic hydroxyl groups is 1. The lowest BCUT2D eigenvalue weighted by atomic mass is 9.94. The van der Waals surface area contributed by atoms with E-state index >= 15 is 0 Å². The number of benzene rings is 4. The fourth-order valence-corrected chi connectivity index (χ4v) is 6.84. The number of aromatic nitrogens is 1. The van der Waals surface area contributed by atoms with Crippen molar-refractivity contribution in [3.63, 3.8) is 0 Å². The van der Waals surface area contributed by atoms with Crippen LogP contribution in [-0.4, -0.2) is 27.9 Å². The highest BCUT2D eigenvalue weighted by molar-refractivity contribution is 7.22. The molecule has 0 radical (unpaired) electrons. The third-order valence-electron chi connectivity index (χ3n) is 7.58. The second-order valence-corrected chi connectivity index (χ2v) is 12.0. The van der Waals surface area contributed by atoms with E-state index in [0.29, 0.717) is 45.6 Å². The number of carbonyl (C=O) groups excluding carboxylic acids is 2. The lowest BCUT2D eigenvalue weighted by Gasteiger charge is -2.23. The topological polar surface area (TPSA) is 89.0 Å². The van der Waals surface area contributed by atoms with Gasteiger partial charge in [0.05, 0.1) is 21.8 Å². The van der Waals surface area contributed by atoms with Gasteiger partial charge in [-0.05, 0) is 72.1 Å². The monoisotopic (exact) mass is 608 g/mol. The van der Waals surface area contributed by atoms with Crippen LogP contribution in [0.2, 0.25) is 5.02 Å². The van der Waals surface area contributed by atoms with Crippen LogP contribution in [-0.2, 0) is 22.6 Å². The zero-order chi connectivity index (χ0) is 29.7. The number of nitrogens with zero attached hydrogens (tertiary/aromatic N) is 2. The Balaban J connectivity index is 1.35. The van der Waals surface area contributed by atoms with Crippen LogP contribution in [0.25, 0.3) is 16.0 Å². The first kappa shape index (κ1) is 27.2. The first-order chi connectivity index (χ1) is 20.9. The third-order valence-corrected chi connectivity index (χ3v) is 8.83. The van der Waals surface area contributed by atoms with Gasteiger partial charge in [-0.1, -0.05) is 65.4 Å². The van der Waals surface area contributed by atoms with Gasteiger partial charge in [-0.15, -0.1) is 0 Å². The van der Waals surface area contributed by atoms with Crippen LogP contribution >= 0.6 is 22.9 Å². The third kappa shape index (κ3) is 5.02. The van der Waals surface area contributed by atoms with Crippen molar-refractivity contribution in [2.75, 3.05) is 4.90 Å². The molecule has 2 unspecified atom stereocenters. The molecule has 0 aliphatic carbocycles. The maximum Gasteiger partial charge on any atom is 0.301 e. The Labute approximate surface area is 256 Å². The van der Waals surface area contributed by atoms with Crippen molar-refractivity contribution in [3.8, 4) is 11.5 Å². The van der Waals surface area contributed by atoms with Gasteiger partial charge in [-0.25, -0.2) is 4.98 Å². The standard InChI is InChI=1S/C34H25ClN2O5S/c1-19-14-23-15-22(10-13-27(23)42-19)31(38)29-30(21-8-5-9-25(16-21)41-18-20-6-3-2-4-7-20)37(33(40)32(29)39)34-36-26-12-11-24(35)17-28(26)43-34/h2-13,15-17,19,30,38H,14,18H2,1H3/b31-29+. The predicted octanol–water partition coefficient (Wildman–Crippen LogP) is 7.48. The Morgan fingerprint density at radius 2 is 1.88 bits per heavy atom. The highest BCUT2D eigenvalue weighted by Crippen LogP contribution is 2.45. The van der Waals surface area contributed by atoms with Gasteiger partial charge in [-0.3, -0.25) is 14.5 Å². The Hall–Kier alpha value is -4.66. The fraction of sp³-hybridized carbons (Fsp3) is 0.147. The van der Waals surface area contributed by atoms with Crippen LogP contribution in [0.4, 0.5) is 5.13 Å². The number of hydrogen-bond donors (Lipinski definition) is 1. The van der Waals surface area contributed by atoms with Crippen molar-refractivity contribution in [2.45, 2.75) is 32.1 Å². The van der Waals surface area contributed by atoms with Crippen molar-refractivity contribution in [1.82, 2.24) is 4.98 Å². The maximum absolute atomic E-state index is 13.7. The lowest BCUT2D eigenvalue weighted by molar-refractivity contribution is -0.132. The molecule has 2 atom stereocenters. The average molecular weight is 609 g/mol. The molecular formula is C34H25ClN2O5S. The summed E-state index contributed by atoms with van der Waals surface area (Å²) in [5.41, 5.74) is 3.60. The molecule has 9 heteroatoms. The number of Topliss-reactive ketones (excluding diaryl/α,β-unsaturated/α-hetero) is 1. The minimum Gasteiger partial charge on any atom is -0.507 e. The number of ketones is 1. The van der Waals surface area contributed by atoms with Crippen molar-refractivity contribution >= 4 is 55.7 Å². The first-order valence-corrected chi connectivity index (χ1v) is 15.0. The number of anilines is 1. The van der Waals surface area contributed by atoms with Crippen LogP contribution in [0.3, 0.4) is 0 Å². The predicted molar refractivity (Wildman–Crippen MR) is 167 cm³/mol. The van der Waals surface area contributed by atoms with Crippen LogP contribution in [0.15, 0.2) is 96.6 Å². The number of hydrogen-bond acceptors (Lipinski definition) is 7. The molecule has 0 bridgehead atoms. The second kappa shape index (κ2) is 10.9. The maximum atomic E-state index is 13.7. The van der Waals surface area contributed by atoms with Crippen LogP contribution < -0.4 is 14.4 Å². The summed E-state index contributed by atoms with van der Waals surface area (Å²) >= 11 is 7.47. The van der Waals surface area contributed by atoms with Crippen molar-refractivity contribution in [1.29, 1.82) is 0 Å². The summed E-state index contributed by atoms with van der Waals surface area (Å²) in [7, 11) is 0. The number of halogens is 1. The lowest BCUT2D eigenvalue weighted by Crippen LogP contribution is -2.29. The highest BCUT2D eigenvalue weighted by atomic mass is 35.5. The number of rotatable bonds is 6. The average Bonchev–Trinajstić information content (AvgIpc) is 3.68. The second-order valence-electron chi connectivity index (χ2n) is 10.6. The van der Waals surface area contributed by atoms with Crippen molar-refractivity contribution in [2.24, 2.45) is 0 Å². The molecule has 43 heavy (non-hydrogen) atoms. The smallest absolute Gasteiger partial charge is 0.301 e. The molecular weight excluding hydrogens is 584 g/mol. The summed E-state index contributed by atoms with van der Waals surface area (Å²) in [5.74, 6) is -0.511. The summed E-state index contributed by atoms with van der Waals surface area (Å²) in [6.07, 6.45) is 0.702. The molecule has 1 fully saturated rings. The van der Waals surface area contributed by atoms with Crippen molar-refractivity contribution < 1.29 is 24.2 Å². The first-order valence-electron chi connectivity index (χ1n) is 13.8. The van der Waals surface area contributed by atoms with E-state index in [-0.39, 0.29) is 17.4 Å². The summed E-state index contributed by atoms with van der Waals surface area (Å²) in [6.45, 7) is 2.32. The number of ether oxygens (including phenoxy) is 2. The van der Waals surface area contributed by atoms with Gasteiger partial charge in [0.15, 0.2) is 5.13 Å². The molecule has 5 aromatic rings. The number of aliphatic hydroxyl groups excluding tert-OH is 1. The van der Waals surface area contributed by atoms with E-state index in [4.69, 9.17) is 21.1 Å². The highest BCUT2D eigenvalue weighted by Gasteiger charge is 2.48. The molecule has 7 rings (SSSR count). The largest absolute Gasteiger partial charge is 0.507 e. The van der Waals surface area contributed by atoms with E-state index in [1.54, 1.807) is 36.4 Å². The minimum absolute atomic E-state index is 0.0177. The van der Waals surface area contributed by atoms with Crippen LogP contribution in [0.5, 0.6) is 11.5 Å². The Kier molecular flexibility index (Phi) is 6.88. The summed E-state index contributed by atoms with van der Waals surface area (Å²) < 4.78 is 12.7. The molecule has 0 spiro atoms. The molecule has 1 N–H and O–H groups in total. The molecule has 4 aromatic carbocycles. The van der Waals surface area contributed by atoms with E-state index < -0.39 is 17.7 Å². The van der Waals surface area contributed by atoms with E-state index in [1.165, 1.54) is 16.2 Å². The number of fused-ring (bicyclic) bond motifs is 2. The quantitative estimate of drug-likeness (QED) is 0.122. The van der Waals surface area contributed by atoms with Gasteiger partial charge in [0.25, 0.3) is 5.78 Å². The molecule has 1 saturated heterocycles. The Morgan fingerprint density at radius 3 is 2.72 bits per heavy atom. The molecule has 1 amide bonds. The van der Waals surface area contributed by atoms with Gasteiger partial charge in [0, 0.05) is 17.0 Å². The zero-order valence-electron chi connectivity index (χ0n) is 23.0. The van der Waals surface area contributed by atoms with Crippen LogP contribution in [0, 0.1) is 0 Å². The Morgan fingerprint density at radius 1 is 1.05 bits per heavy atom. The normalized spacial score (nSPS) is 19.1. The number of thiazole rings is 1. The molecule has 7 nitrogen and oxygen atoms in total. The molecule has 214 valence electrons. The van der Waals surface area contributed by atoms with Crippen LogP contribution in [0.1, 0.15) is 35.2 Å². The molecule has 2 aliphatic heterocycles.